The van der Waals surface area contributed by atoms with Crippen molar-refractivity contribution in [2.45, 2.75) is 19.0 Å². The van der Waals surface area contributed by atoms with E-state index in [9.17, 15) is 4.79 Å². The highest BCUT2D eigenvalue weighted by Crippen LogP contribution is 2.27. The van der Waals surface area contributed by atoms with Gasteiger partial charge in [0, 0.05) is 0 Å². The van der Waals surface area contributed by atoms with Gasteiger partial charge in [-0.1, -0.05) is 47.6 Å². The van der Waals surface area contributed by atoms with E-state index >= 15 is 0 Å². The zero-order chi connectivity index (χ0) is 19.0. The number of benzene rings is 2. The third kappa shape index (κ3) is 3.50. The first-order chi connectivity index (χ1) is 13.0. The highest BCUT2D eigenvalue weighted by atomic mass is 35.5. The second-order valence-electron chi connectivity index (χ2n) is 6.35. The van der Waals surface area contributed by atoms with Crippen molar-refractivity contribution < 1.29 is 4.79 Å². The van der Waals surface area contributed by atoms with Gasteiger partial charge < -0.3 is 5.32 Å². The number of pyridine rings is 1. The summed E-state index contributed by atoms with van der Waals surface area (Å²) in [6.07, 6.45) is 0. The van der Waals surface area contributed by atoms with Crippen LogP contribution >= 0.6 is 23.4 Å². The molecule has 7 heteroatoms. The maximum absolute atomic E-state index is 12.3. The van der Waals surface area contributed by atoms with Crippen molar-refractivity contribution in [1.29, 1.82) is 0 Å². The topological polar surface area (TPSA) is 59.3 Å². The second kappa shape index (κ2) is 7.21. The first kappa shape index (κ1) is 17.8. The number of halogens is 1. The average molecular weight is 397 g/mol. The minimum Gasteiger partial charge on any atom is -0.324 e. The van der Waals surface area contributed by atoms with Gasteiger partial charge in [-0.3, -0.25) is 9.20 Å². The molecule has 27 heavy (non-hydrogen) atoms. The van der Waals surface area contributed by atoms with Gasteiger partial charge in [-0.2, -0.15) is 0 Å². The Morgan fingerprint density at radius 1 is 1.15 bits per heavy atom. The van der Waals surface area contributed by atoms with E-state index in [0.717, 1.165) is 27.7 Å². The summed E-state index contributed by atoms with van der Waals surface area (Å²) in [6.45, 7) is 4.07. The van der Waals surface area contributed by atoms with E-state index in [2.05, 4.69) is 46.7 Å². The van der Waals surface area contributed by atoms with Gasteiger partial charge in [0.15, 0.2) is 10.8 Å². The molecule has 2 aromatic heterocycles. The highest BCUT2D eigenvalue weighted by Gasteiger charge is 2.14. The van der Waals surface area contributed by atoms with Crippen molar-refractivity contribution >= 4 is 51.5 Å². The monoisotopic (exact) mass is 396 g/mol. The molecule has 0 atom stereocenters. The van der Waals surface area contributed by atoms with E-state index in [4.69, 9.17) is 11.6 Å². The number of hydrogen-bond acceptors (Lipinski definition) is 4. The van der Waals surface area contributed by atoms with Crippen LogP contribution in [-0.2, 0) is 4.79 Å². The molecule has 0 radical (unpaired) electrons. The van der Waals surface area contributed by atoms with Crippen molar-refractivity contribution in [3.8, 4) is 0 Å². The molecule has 5 nitrogen and oxygen atoms in total. The van der Waals surface area contributed by atoms with Crippen LogP contribution in [0.25, 0.3) is 16.6 Å². The predicted octanol–water partition coefficient (Wildman–Crippen LogP) is 4.88. The van der Waals surface area contributed by atoms with E-state index in [0.29, 0.717) is 15.9 Å². The predicted molar refractivity (Wildman–Crippen MR) is 111 cm³/mol. The molecular weight excluding hydrogens is 380 g/mol. The lowest BCUT2D eigenvalue weighted by atomic mass is 10.1. The van der Waals surface area contributed by atoms with Gasteiger partial charge in [0.25, 0.3) is 0 Å². The Bertz CT molecular complexity index is 1170. The molecule has 0 spiro atoms. The molecule has 4 aromatic rings. The zero-order valence-electron chi connectivity index (χ0n) is 14.9. The van der Waals surface area contributed by atoms with Crippen LogP contribution in [0.1, 0.15) is 11.1 Å². The number of aromatic nitrogens is 3. The van der Waals surface area contributed by atoms with E-state index < -0.39 is 0 Å². The normalized spacial score (nSPS) is 11.2. The zero-order valence-corrected chi connectivity index (χ0v) is 16.4. The number of hydrogen-bond donors (Lipinski definition) is 1. The number of fused-ring (bicyclic) bond motifs is 3. The van der Waals surface area contributed by atoms with Crippen LogP contribution in [0.2, 0.25) is 5.02 Å². The van der Waals surface area contributed by atoms with Crippen molar-refractivity contribution in [1.82, 2.24) is 14.6 Å². The molecule has 0 aliphatic carbocycles. The van der Waals surface area contributed by atoms with Gasteiger partial charge in [0.05, 0.1) is 22.0 Å². The highest BCUT2D eigenvalue weighted by molar-refractivity contribution is 7.99. The van der Waals surface area contributed by atoms with Gasteiger partial charge in [-0.15, -0.1) is 10.2 Å². The van der Waals surface area contributed by atoms with Crippen LogP contribution in [0.15, 0.2) is 53.7 Å². The first-order valence-corrected chi connectivity index (χ1v) is 9.81. The van der Waals surface area contributed by atoms with Crippen molar-refractivity contribution in [3.05, 3.63) is 64.7 Å². The van der Waals surface area contributed by atoms with Crippen molar-refractivity contribution in [2.24, 2.45) is 0 Å². The van der Waals surface area contributed by atoms with E-state index in [1.54, 1.807) is 12.1 Å². The molecule has 0 bridgehead atoms. The SMILES string of the molecule is Cc1ccc2cc(C)c3nnc(SCC(=O)Nc4ccccc4Cl)n3c2c1. The number of para-hydroxylation sites is 1. The molecule has 2 heterocycles. The number of carbonyl (C=O) groups excluding carboxylic acids is 1. The Morgan fingerprint density at radius 2 is 1.96 bits per heavy atom. The molecule has 4 rings (SSSR count). The summed E-state index contributed by atoms with van der Waals surface area (Å²) in [7, 11) is 0. The molecule has 1 N–H and O–H groups in total. The number of aryl methyl sites for hydroxylation is 2. The Labute approximate surface area is 165 Å². The average Bonchev–Trinajstić information content (AvgIpc) is 3.08. The summed E-state index contributed by atoms with van der Waals surface area (Å²) in [5, 5.41) is 13.8. The van der Waals surface area contributed by atoms with Gasteiger partial charge >= 0.3 is 0 Å². The molecule has 0 fully saturated rings. The van der Waals surface area contributed by atoms with Crippen LogP contribution in [0.4, 0.5) is 5.69 Å². The summed E-state index contributed by atoms with van der Waals surface area (Å²) < 4.78 is 2.02. The number of rotatable bonds is 4. The molecule has 1 amide bonds. The number of amides is 1. The Morgan fingerprint density at radius 3 is 2.78 bits per heavy atom. The summed E-state index contributed by atoms with van der Waals surface area (Å²) >= 11 is 7.45. The largest absolute Gasteiger partial charge is 0.324 e. The van der Waals surface area contributed by atoms with Crippen molar-refractivity contribution in [3.63, 3.8) is 0 Å². The lowest BCUT2D eigenvalue weighted by molar-refractivity contribution is -0.113. The Hall–Kier alpha value is -2.57. The number of carbonyl (C=O) groups is 1. The van der Waals surface area contributed by atoms with Gasteiger partial charge in [0.2, 0.25) is 5.91 Å². The molecule has 0 aliphatic heterocycles. The van der Waals surface area contributed by atoms with Gasteiger partial charge in [-0.25, -0.2) is 0 Å². The number of nitrogens with zero attached hydrogens (tertiary/aromatic N) is 3. The van der Waals surface area contributed by atoms with Crippen LogP contribution in [0.3, 0.4) is 0 Å². The van der Waals surface area contributed by atoms with Crippen LogP contribution < -0.4 is 5.32 Å². The molecule has 0 unspecified atom stereocenters. The molecule has 0 saturated heterocycles. The molecule has 0 aliphatic rings. The van der Waals surface area contributed by atoms with Gasteiger partial charge in [0.1, 0.15) is 0 Å². The standard InChI is InChI=1S/C20H17ClN4OS/c1-12-7-8-14-10-13(2)19-23-24-20(25(19)17(14)9-12)27-11-18(26)22-16-6-4-3-5-15(16)21/h3-10H,11H2,1-2H3,(H,22,26). The molecule has 2 aromatic carbocycles. The molecule has 136 valence electrons. The third-order valence-corrected chi connectivity index (χ3v) is 5.52. The first-order valence-electron chi connectivity index (χ1n) is 8.45. The Kier molecular flexibility index (Phi) is 4.76. The summed E-state index contributed by atoms with van der Waals surface area (Å²) in [5.74, 6) is 0.0748. The quantitative estimate of drug-likeness (QED) is 0.499. The smallest absolute Gasteiger partial charge is 0.234 e. The minimum atomic E-state index is -0.141. The maximum atomic E-state index is 12.3. The minimum absolute atomic E-state index is 0.141. The summed E-state index contributed by atoms with van der Waals surface area (Å²) in [5.41, 5.74) is 4.66. The summed E-state index contributed by atoms with van der Waals surface area (Å²) in [6, 6.07) is 15.6. The molecular formula is C20H17ClN4OS. The lowest BCUT2D eigenvalue weighted by Gasteiger charge is -2.08. The fraction of sp³-hybridized carbons (Fsp3) is 0.150. The van der Waals surface area contributed by atoms with Crippen molar-refractivity contribution in [2.75, 3.05) is 11.1 Å². The number of anilines is 1. The summed E-state index contributed by atoms with van der Waals surface area (Å²) in [4.78, 5) is 12.3. The fourth-order valence-electron chi connectivity index (χ4n) is 2.98. The number of thioether (sulfide) groups is 1. The fourth-order valence-corrected chi connectivity index (χ4v) is 3.91. The Balaban J connectivity index is 1.63. The number of nitrogens with one attached hydrogen (secondary N) is 1. The third-order valence-electron chi connectivity index (χ3n) is 4.27. The maximum Gasteiger partial charge on any atom is 0.234 e. The molecule has 0 saturated carbocycles. The van der Waals surface area contributed by atoms with Crippen LogP contribution in [0, 0.1) is 13.8 Å². The van der Waals surface area contributed by atoms with Gasteiger partial charge in [-0.05, 0) is 54.6 Å². The lowest BCUT2D eigenvalue weighted by Crippen LogP contribution is -2.14. The van der Waals surface area contributed by atoms with E-state index in [1.807, 2.05) is 23.5 Å². The van der Waals surface area contributed by atoms with E-state index in [1.165, 1.54) is 11.8 Å². The van der Waals surface area contributed by atoms with E-state index in [-0.39, 0.29) is 11.7 Å². The second-order valence-corrected chi connectivity index (χ2v) is 7.70. The van der Waals surface area contributed by atoms with Crippen LogP contribution in [0.5, 0.6) is 0 Å². The van der Waals surface area contributed by atoms with Crippen LogP contribution in [-0.4, -0.2) is 26.3 Å².